The molecule has 4 heterocycles. The van der Waals surface area contributed by atoms with Gasteiger partial charge in [-0.15, -0.1) is 0 Å². The van der Waals surface area contributed by atoms with E-state index in [0.717, 1.165) is 0 Å². The van der Waals surface area contributed by atoms with Crippen LogP contribution in [0.1, 0.15) is 46.2 Å². The highest BCUT2D eigenvalue weighted by atomic mass is 35.5. The number of rotatable bonds is 5. The Morgan fingerprint density at radius 1 is 1.15 bits per heavy atom. The third-order valence-corrected chi connectivity index (χ3v) is 9.27. The molecule has 0 spiro atoms. The van der Waals surface area contributed by atoms with E-state index in [0.29, 0.717) is 5.71 Å². The lowest BCUT2D eigenvalue weighted by Gasteiger charge is -2.45. The van der Waals surface area contributed by atoms with Gasteiger partial charge in [0.05, 0.1) is 28.0 Å². The quantitative estimate of drug-likeness (QED) is 0.180. The minimum atomic E-state index is -1.76. The summed E-state index contributed by atoms with van der Waals surface area (Å²) in [6, 6.07) is 1.87. The van der Waals surface area contributed by atoms with Gasteiger partial charge < -0.3 is 14.9 Å². The molecule has 0 saturated carbocycles. The van der Waals surface area contributed by atoms with Crippen molar-refractivity contribution in [2.75, 3.05) is 18.0 Å². The van der Waals surface area contributed by atoms with Crippen molar-refractivity contribution in [3.8, 4) is 23.1 Å². The molecule has 1 amide bonds. The number of aromatic nitrogens is 2. The largest absolute Gasteiger partial charge is 0.504 e. The summed E-state index contributed by atoms with van der Waals surface area (Å²) in [6.07, 6.45) is 4.62. The molecule has 14 heteroatoms. The number of nitrogens with zero attached hydrogens (tertiary/aromatic N) is 6. The number of benzene rings is 1. The summed E-state index contributed by atoms with van der Waals surface area (Å²) < 4.78 is 46.1. The molecule has 1 aromatic carbocycles. The first-order valence-electron chi connectivity index (χ1n) is 14.8. The van der Waals surface area contributed by atoms with Crippen molar-refractivity contribution in [3.63, 3.8) is 0 Å². The number of aliphatic imine (C=N–C) groups is 1. The lowest BCUT2D eigenvalue weighted by Crippen LogP contribution is -2.58. The van der Waals surface area contributed by atoms with E-state index >= 15 is 4.39 Å². The molecular weight excluding hydrogens is 656 g/mol. The topological polar surface area (TPSA) is 115 Å². The van der Waals surface area contributed by atoms with Gasteiger partial charge in [0.15, 0.2) is 23.2 Å². The molecule has 47 heavy (non-hydrogen) atoms. The maximum Gasteiger partial charge on any atom is 0.272 e. The van der Waals surface area contributed by atoms with Crippen LogP contribution >= 0.6 is 23.2 Å². The lowest BCUT2D eigenvalue weighted by molar-refractivity contribution is -0.130. The number of phenols is 1. The molecule has 3 aromatic rings. The van der Waals surface area contributed by atoms with E-state index in [-0.39, 0.29) is 70.2 Å². The average molecular weight is 688 g/mol. The number of anilines is 1. The van der Waals surface area contributed by atoms with Gasteiger partial charge in [-0.2, -0.15) is 5.26 Å². The summed E-state index contributed by atoms with van der Waals surface area (Å²) in [5.41, 5.74) is -1.84. The molecule has 1 unspecified atom stereocenters. The van der Waals surface area contributed by atoms with Gasteiger partial charge in [-0.25, -0.2) is 18.2 Å². The number of hydrogen-bond donors (Lipinski definition) is 1. The van der Waals surface area contributed by atoms with Crippen LogP contribution in [0.25, 0.3) is 22.3 Å². The van der Waals surface area contributed by atoms with Crippen molar-refractivity contribution in [1.29, 1.82) is 5.26 Å². The number of fused-ring (bicyclic) bond motifs is 1. The fourth-order valence-electron chi connectivity index (χ4n) is 6.61. The minimum absolute atomic E-state index is 0.0941. The molecule has 2 aliphatic heterocycles. The predicted octanol–water partition coefficient (Wildman–Crippen LogP) is 6.78. The van der Waals surface area contributed by atoms with E-state index in [2.05, 4.69) is 22.6 Å². The Morgan fingerprint density at radius 3 is 2.36 bits per heavy atom. The first-order chi connectivity index (χ1) is 22.2. The van der Waals surface area contributed by atoms with Gasteiger partial charge in [-0.1, -0.05) is 56.6 Å². The van der Waals surface area contributed by atoms with Gasteiger partial charge in [0.25, 0.3) is 5.56 Å². The Hall–Kier alpha value is -4.34. The fraction of sp³-hybridized carbons (Fsp3) is 0.364. The molecule has 2 aromatic heterocycles. The Kier molecular flexibility index (Phi) is 9.18. The van der Waals surface area contributed by atoms with Crippen LogP contribution in [0.15, 0.2) is 40.8 Å². The summed E-state index contributed by atoms with van der Waals surface area (Å²) in [5.74, 6) is -7.18. The van der Waals surface area contributed by atoms with Gasteiger partial charge in [0.2, 0.25) is 5.91 Å². The second kappa shape index (κ2) is 12.7. The van der Waals surface area contributed by atoms with Crippen molar-refractivity contribution in [3.05, 3.63) is 74.4 Å². The van der Waals surface area contributed by atoms with Crippen molar-refractivity contribution in [1.82, 2.24) is 14.5 Å². The van der Waals surface area contributed by atoms with Crippen LogP contribution in [0.3, 0.4) is 0 Å². The molecule has 1 saturated heterocycles. The molecule has 0 bridgehead atoms. The number of carbonyl (C=O) groups excluding carboxylic acids is 1. The summed E-state index contributed by atoms with van der Waals surface area (Å²) in [7, 11) is 0. The Bertz CT molecular complexity index is 1960. The molecule has 1 N–H and O–H groups in total. The average Bonchev–Trinajstić information content (AvgIpc) is 3.02. The number of nitriles is 1. The monoisotopic (exact) mass is 686 g/mol. The van der Waals surface area contributed by atoms with E-state index in [9.17, 15) is 28.7 Å². The zero-order valence-electron chi connectivity index (χ0n) is 26.2. The predicted molar refractivity (Wildman–Crippen MR) is 176 cm³/mol. The lowest BCUT2D eigenvalue weighted by atomic mass is 9.88. The zero-order chi connectivity index (χ0) is 34.6. The van der Waals surface area contributed by atoms with Gasteiger partial charge in [0.1, 0.15) is 22.3 Å². The van der Waals surface area contributed by atoms with E-state index in [1.54, 1.807) is 22.1 Å². The highest BCUT2D eigenvalue weighted by molar-refractivity contribution is 6.34. The molecule has 1 fully saturated rings. The van der Waals surface area contributed by atoms with Gasteiger partial charge in [-0.3, -0.25) is 19.1 Å². The number of carbonyl (C=O) groups is 1. The van der Waals surface area contributed by atoms with Gasteiger partial charge in [-0.05, 0) is 31.9 Å². The van der Waals surface area contributed by atoms with Crippen LogP contribution in [0.2, 0.25) is 10.0 Å². The maximum atomic E-state index is 15.4. The van der Waals surface area contributed by atoms with Crippen LogP contribution in [0.4, 0.5) is 18.9 Å². The standard InChI is InChI=1S/C33H31Cl2F3N6O3/c1-7-21(45)43-16(5)12-42(13-17(43)6)30-18-10-20(34)28(22-24(36)25(37)23(35)26(38)31(22)46)41-32(18)44(33(47)19(30)11-39)29-15(4)8-9-40-27(29)14(2)3/h7-10,14-17,29,46H,1,12-13H2,2-6H3/t15-,16-,17+,29?/m1/s1. The van der Waals surface area contributed by atoms with Crippen LogP contribution in [0.5, 0.6) is 5.75 Å². The van der Waals surface area contributed by atoms with Crippen molar-refractivity contribution < 1.29 is 23.1 Å². The molecule has 0 radical (unpaired) electrons. The highest BCUT2D eigenvalue weighted by Gasteiger charge is 2.38. The Morgan fingerprint density at radius 2 is 1.79 bits per heavy atom. The normalized spacial score (nSPS) is 21.3. The molecule has 5 rings (SSSR count). The smallest absolute Gasteiger partial charge is 0.272 e. The van der Waals surface area contributed by atoms with E-state index in [1.807, 2.05) is 34.6 Å². The number of amides is 1. The molecule has 2 aliphatic rings. The van der Waals surface area contributed by atoms with Crippen LogP contribution in [-0.2, 0) is 4.79 Å². The van der Waals surface area contributed by atoms with E-state index < -0.39 is 51.1 Å². The summed E-state index contributed by atoms with van der Waals surface area (Å²) in [6.45, 7) is 13.3. The third kappa shape index (κ3) is 5.45. The van der Waals surface area contributed by atoms with E-state index in [1.165, 1.54) is 16.7 Å². The number of allylic oxidation sites excluding steroid dienone is 1. The molecule has 9 nitrogen and oxygen atoms in total. The number of pyridine rings is 2. The maximum absolute atomic E-state index is 15.4. The van der Waals surface area contributed by atoms with Crippen molar-refractivity contribution in [2.45, 2.75) is 52.7 Å². The zero-order valence-corrected chi connectivity index (χ0v) is 27.7. The SMILES string of the molecule is C=CC(=O)N1[C@H](C)CN(c2c(C#N)c(=O)n(C3C(C(C)C)=NC=C[C@H]3C)c3nc(-c4c(O)c(F)c(Cl)c(F)c4F)c(Cl)cc23)C[C@@H]1C. The van der Waals surface area contributed by atoms with Gasteiger partial charge in [0, 0.05) is 48.4 Å². The van der Waals surface area contributed by atoms with E-state index in [4.69, 9.17) is 23.2 Å². The van der Waals surface area contributed by atoms with Gasteiger partial charge >= 0.3 is 0 Å². The van der Waals surface area contributed by atoms with Crippen molar-refractivity contribution in [2.24, 2.45) is 16.8 Å². The number of aromatic hydroxyl groups is 1. The Labute approximate surface area is 278 Å². The first-order valence-corrected chi connectivity index (χ1v) is 15.6. The number of piperazine rings is 1. The first kappa shape index (κ1) is 34.0. The molecule has 0 aliphatic carbocycles. The van der Waals surface area contributed by atoms with Crippen LogP contribution in [0, 0.1) is 40.6 Å². The number of halogens is 5. The highest BCUT2D eigenvalue weighted by Crippen LogP contribution is 2.44. The summed E-state index contributed by atoms with van der Waals surface area (Å²) >= 11 is 12.2. The molecule has 4 atom stereocenters. The third-order valence-electron chi connectivity index (χ3n) is 8.65. The summed E-state index contributed by atoms with van der Waals surface area (Å²) in [4.78, 5) is 39.6. The second-order valence-electron chi connectivity index (χ2n) is 12.1. The molecular formula is C33H31Cl2F3N6O3. The van der Waals surface area contributed by atoms with Crippen LogP contribution in [-0.4, -0.2) is 56.3 Å². The fourth-order valence-corrected chi connectivity index (χ4v) is 7.03. The number of phenolic OH excluding ortho intramolecular Hbond substituents is 1. The number of hydrogen-bond acceptors (Lipinski definition) is 7. The van der Waals surface area contributed by atoms with Crippen LogP contribution < -0.4 is 10.5 Å². The summed E-state index contributed by atoms with van der Waals surface area (Å²) in [5, 5.41) is 19.7. The second-order valence-corrected chi connectivity index (χ2v) is 12.9. The molecule has 246 valence electrons. The Balaban J connectivity index is 1.91. The van der Waals surface area contributed by atoms with Crippen molar-refractivity contribution >= 4 is 51.5 Å². The minimum Gasteiger partial charge on any atom is -0.504 e.